The number of benzene rings is 2. The van der Waals surface area contributed by atoms with E-state index in [9.17, 15) is 8.42 Å². The Morgan fingerprint density at radius 2 is 1.92 bits per heavy atom. The molecule has 1 fully saturated rings. The molecule has 4 rings (SSSR count). The van der Waals surface area contributed by atoms with Crippen molar-refractivity contribution in [3.05, 3.63) is 57.9 Å². The van der Waals surface area contributed by atoms with Gasteiger partial charge in [-0.25, -0.2) is 17.5 Å². The number of sulfonamides is 1. The van der Waals surface area contributed by atoms with Crippen LogP contribution in [0.15, 0.2) is 35.2 Å². The van der Waals surface area contributed by atoms with Gasteiger partial charge in [0.2, 0.25) is 10.0 Å². The first-order valence-electron chi connectivity index (χ1n) is 13.6. The van der Waals surface area contributed by atoms with Crippen molar-refractivity contribution in [3.8, 4) is 5.75 Å². The predicted octanol–water partition coefficient (Wildman–Crippen LogP) is 3.98. The number of nitrogens with two attached hydrogens (primary N) is 1. The average Bonchev–Trinajstić information content (AvgIpc) is 3.25. The Labute approximate surface area is 236 Å². The highest BCUT2D eigenvalue weighted by atomic mass is 35.5. The van der Waals surface area contributed by atoms with Crippen molar-refractivity contribution in [3.63, 3.8) is 0 Å². The van der Waals surface area contributed by atoms with Gasteiger partial charge < -0.3 is 19.9 Å². The third-order valence-electron chi connectivity index (χ3n) is 7.23. The van der Waals surface area contributed by atoms with Crippen LogP contribution in [0, 0.1) is 12.7 Å². The number of aryl methyl sites for hydroxylation is 1. The highest BCUT2D eigenvalue weighted by Crippen LogP contribution is 2.42. The largest absolute Gasteiger partial charge is 0.481 e. The summed E-state index contributed by atoms with van der Waals surface area (Å²) in [6, 6.07) is 7.59. The minimum atomic E-state index is -3.92. The van der Waals surface area contributed by atoms with Gasteiger partial charge in [-0.2, -0.15) is 0 Å². The molecular weight excluding hydrogens is 545 g/mol. The van der Waals surface area contributed by atoms with E-state index in [1.54, 1.807) is 0 Å². The van der Waals surface area contributed by atoms with Crippen LogP contribution in [-0.4, -0.2) is 71.5 Å². The fraction of sp³-hybridized carbons (Fsp3) is 0.571. The van der Waals surface area contributed by atoms with Crippen LogP contribution in [-0.2, 0) is 25.9 Å². The lowest BCUT2D eigenvalue weighted by atomic mass is 10.0. The topological polar surface area (TPSA) is 103 Å². The van der Waals surface area contributed by atoms with Crippen LogP contribution in [0.1, 0.15) is 49.0 Å². The van der Waals surface area contributed by atoms with Gasteiger partial charge in [-0.3, -0.25) is 4.90 Å². The van der Waals surface area contributed by atoms with E-state index in [0.717, 1.165) is 61.5 Å². The van der Waals surface area contributed by atoms with E-state index in [1.807, 2.05) is 26.0 Å². The van der Waals surface area contributed by atoms with E-state index >= 15 is 4.39 Å². The van der Waals surface area contributed by atoms with Crippen LogP contribution in [0.4, 0.5) is 4.39 Å². The molecular formula is C28H39ClFN3O5S. The molecule has 39 heavy (non-hydrogen) atoms. The quantitative estimate of drug-likeness (QED) is 0.344. The number of rotatable bonds is 13. The lowest BCUT2D eigenvalue weighted by Gasteiger charge is -2.38. The second kappa shape index (κ2) is 13.7. The second-order valence-corrected chi connectivity index (χ2v) is 12.4. The van der Waals surface area contributed by atoms with Gasteiger partial charge in [0.1, 0.15) is 6.10 Å². The fourth-order valence-corrected chi connectivity index (χ4v) is 6.64. The Hall–Kier alpha value is -1.79. The highest BCUT2D eigenvalue weighted by Gasteiger charge is 2.40. The zero-order chi connectivity index (χ0) is 28.0. The molecule has 0 bridgehead atoms. The molecule has 2 aromatic rings. The summed E-state index contributed by atoms with van der Waals surface area (Å²) in [4.78, 5) is 2.15. The normalized spacial score (nSPS) is 21.7. The molecule has 0 spiro atoms. The van der Waals surface area contributed by atoms with Crippen LogP contribution in [0.5, 0.6) is 5.75 Å². The number of nitrogens with one attached hydrogen (secondary N) is 1. The number of ether oxygens (including phenoxy) is 3. The monoisotopic (exact) mass is 583 g/mol. The number of halogens is 2. The molecule has 0 saturated carbocycles. The zero-order valence-electron chi connectivity index (χ0n) is 22.6. The molecule has 1 aliphatic carbocycles. The number of hydrogen-bond acceptors (Lipinski definition) is 7. The molecule has 0 radical (unpaired) electrons. The maximum atomic E-state index is 15.3. The van der Waals surface area contributed by atoms with Gasteiger partial charge in [-0.15, -0.1) is 0 Å². The summed E-state index contributed by atoms with van der Waals surface area (Å²) in [5.74, 6) is -0.755. The molecule has 2 aromatic carbocycles. The molecule has 0 aromatic heterocycles. The first-order chi connectivity index (χ1) is 18.7. The lowest BCUT2D eigenvalue weighted by molar-refractivity contribution is 0.0502. The summed E-state index contributed by atoms with van der Waals surface area (Å²) in [6.07, 6.45) is 3.18. The Bertz CT molecular complexity index is 1230. The number of piperidine rings is 1. The molecule has 3 atom stereocenters. The standard InChI is InChI=1S/C28H39ClFN3O5S/c1-3-10-36-12-13-37-11-8-32-39(34,35)22-6-7-27(25(30)16-22)38-28-24-15-20(29)14-19(2)23(24)17-26(28)33-9-4-5-21(31)18-33/h6-7,14-16,21,26,28,32H,3-5,8-13,17-18,31H2,1-2H3/t21-,26+,28+/m1/s1. The van der Waals surface area contributed by atoms with Gasteiger partial charge in [-0.1, -0.05) is 18.5 Å². The summed E-state index contributed by atoms with van der Waals surface area (Å²) in [5, 5.41) is 0.598. The Morgan fingerprint density at radius 3 is 2.64 bits per heavy atom. The van der Waals surface area contributed by atoms with Crippen molar-refractivity contribution >= 4 is 21.6 Å². The summed E-state index contributed by atoms with van der Waals surface area (Å²) in [5.41, 5.74) is 9.42. The van der Waals surface area contributed by atoms with Crippen LogP contribution in [0.25, 0.3) is 0 Å². The molecule has 2 aliphatic rings. The van der Waals surface area contributed by atoms with Crippen molar-refractivity contribution in [2.45, 2.75) is 62.6 Å². The number of fused-ring (bicyclic) bond motifs is 1. The summed E-state index contributed by atoms with van der Waals surface area (Å²) in [7, 11) is -3.92. The molecule has 1 saturated heterocycles. The van der Waals surface area contributed by atoms with Crippen LogP contribution < -0.4 is 15.2 Å². The molecule has 8 nitrogen and oxygen atoms in total. The van der Waals surface area contributed by atoms with Crippen molar-refractivity contribution in [2.75, 3.05) is 46.1 Å². The lowest BCUT2D eigenvalue weighted by Crippen LogP contribution is -2.49. The Morgan fingerprint density at radius 1 is 1.15 bits per heavy atom. The van der Waals surface area contributed by atoms with Crippen LogP contribution in [0.2, 0.25) is 5.02 Å². The average molecular weight is 584 g/mol. The number of likely N-dealkylation sites (tertiary alicyclic amines) is 1. The fourth-order valence-electron chi connectivity index (χ4n) is 5.34. The SMILES string of the molecule is CCCOCCOCCNS(=O)(=O)c1ccc(O[C@H]2c3cc(Cl)cc(C)c3C[C@@H]2N2CCC[C@@H](N)C2)c(F)c1. The van der Waals surface area contributed by atoms with Crippen molar-refractivity contribution in [1.29, 1.82) is 0 Å². The molecule has 3 N–H and O–H groups in total. The minimum Gasteiger partial charge on any atom is -0.481 e. The third kappa shape index (κ3) is 7.70. The first-order valence-corrected chi connectivity index (χ1v) is 15.5. The Kier molecular flexibility index (Phi) is 10.6. The summed E-state index contributed by atoms with van der Waals surface area (Å²) in [6.45, 7) is 7.41. The van der Waals surface area contributed by atoms with Crippen LogP contribution in [0.3, 0.4) is 0 Å². The van der Waals surface area contributed by atoms with Crippen molar-refractivity contribution in [2.24, 2.45) is 5.73 Å². The van der Waals surface area contributed by atoms with Gasteiger partial charge in [-0.05, 0) is 86.2 Å². The minimum absolute atomic E-state index is 0.00820. The van der Waals surface area contributed by atoms with E-state index in [4.69, 9.17) is 31.5 Å². The molecule has 1 heterocycles. The van der Waals surface area contributed by atoms with Gasteiger partial charge in [0.25, 0.3) is 0 Å². The highest BCUT2D eigenvalue weighted by molar-refractivity contribution is 7.89. The molecule has 0 unspecified atom stereocenters. The van der Waals surface area contributed by atoms with Crippen LogP contribution >= 0.6 is 11.6 Å². The summed E-state index contributed by atoms with van der Waals surface area (Å²) >= 11 is 6.39. The van der Waals surface area contributed by atoms with E-state index in [-0.39, 0.29) is 35.9 Å². The zero-order valence-corrected chi connectivity index (χ0v) is 24.2. The first kappa shape index (κ1) is 30.2. The predicted molar refractivity (Wildman–Crippen MR) is 149 cm³/mol. The van der Waals surface area contributed by atoms with Gasteiger partial charge in [0.05, 0.1) is 30.8 Å². The molecule has 0 amide bonds. The van der Waals surface area contributed by atoms with Crippen molar-refractivity contribution in [1.82, 2.24) is 9.62 Å². The maximum Gasteiger partial charge on any atom is 0.240 e. The van der Waals surface area contributed by atoms with Gasteiger partial charge in [0, 0.05) is 30.8 Å². The van der Waals surface area contributed by atoms with E-state index in [0.29, 0.717) is 24.8 Å². The van der Waals surface area contributed by atoms with Gasteiger partial charge in [0.15, 0.2) is 11.6 Å². The van der Waals surface area contributed by atoms with E-state index in [2.05, 4.69) is 9.62 Å². The summed E-state index contributed by atoms with van der Waals surface area (Å²) < 4.78 is 60.1. The van der Waals surface area contributed by atoms with Crippen molar-refractivity contribution < 1.29 is 27.0 Å². The van der Waals surface area contributed by atoms with E-state index < -0.39 is 21.9 Å². The van der Waals surface area contributed by atoms with Gasteiger partial charge >= 0.3 is 0 Å². The third-order valence-corrected chi connectivity index (χ3v) is 8.90. The molecule has 11 heteroatoms. The second-order valence-electron chi connectivity index (χ2n) is 10.2. The maximum absolute atomic E-state index is 15.3. The Balaban J connectivity index is 1.45. The number of hydrogen-bond donors (Lipinski definition) is 2. The number of nitrogens with zero attached hydrogens (tertiary/aromatic N) is 1. The molecule has 1 aliphatic heterocycles. The van der Waals surface area contributed by atoms with E-state index in [1.165, 1.54) is 12.1 Å². The molecule has 216 valence electrons. The smallest absolute Gasteiger partial charge is 0.240 e.